The van der Waals surface area contributed by atoms with E-state index in [4.69, 9.17) is 11.6 Å². The van der Waals surface area contributed by atoms with Gasteiger partial charge in [0.1, 0.15) is 5.69 Å². The number of carbonyl (C=O) groups is 3. The number of amides is 3. The highest BCUT2D eigenvalue weighted by Gasteiger charge is 2.25. The molecule has 216 valence electrons. The molecule has 42 heavy (non-hydrogen) atoms. The summed E-state index contributed by atoms with van der Waals surface area (Å²) in [6.45, 7) is 4.89. The van der Waals surface area contributed by atoms with Crippen molar-refractivity contribution in [2.24, 2.45) is 5.92 Å². The van der Waals surface area contributed by atoms with E-state index in [1.54, 1.807) is 31.3 Å². The molecule has 2 unspecified atom stereocenters. The summed E-state index contributed by atoms with van der Waals surface area (Å²) in [7, 11) is 0. The Morgan fingerprint density at radius 2 is 1.95 bits per heavy atom. The van der Waals surface area contributed by atoms with Gasteiger partial charge in [0.05, 0.1) is 28.1 Å². The third-order valence-corrected chi connectivity index (χ3v) is 7.49. The lowest BCUT2D eigenvalue weighted by molar-refractivity contribution is -0.119. The molecule has 0 radical (unpaired) electrons. The van der Waals surface area contributed by atoms with E-state index in [2.05, 4.69) is 31.2 Å². The number of pyridine rings is 1. The van der Waals surface area contributed by atoms with Crippen molar-refractivity contribution in [3.63, 3.8) is 0 Å². The highest BCUT2D eigenvalue weighted by molar-refractivity contribution is 6.30. The molecule has 0 saturated heterocycles. The maximum Gasteiger partial charge on any atom is 0.274 e. The lowest BCUT2D eigenvalue weighted by Gasteiger charge is -2.22. The lowest BCUT2D eigenvalue weighted by atomic mass is 9.95. The second-order valence-corrected chi connectivity index (χ2v) is 10.7. The molecule has 0 aliphatic carbocycles. The average Bonchev–Trinajstić information content (AvgIpc) is 3.34. The molecule has 0 spiro atoms. The maximum absolute atomic E-state index is 14.7. The molecule has 3 N–H and O–H groups in total. The van der Waals surface area contributed by atoms with E-state index in [9.17, 15) is 18.8 Å². The molecule has 1 aliphatic heterocycles. The Balaban J connectivity index is 1.49. The van der Waals surface area contributed by atoms with Gasteiger partial charge >= 0.3 is 0 Å². The van der Waals surface area contributed by atoms with E-state index >= 15 is 0 Å². The number of fused-ring (bicyclic) bond motifs is 4. The van der Waals surface area contributed by atoms with Crippen LogP contribution in [0, 0.1) is 18.7 Å². The fourth-order valence-corrected chi connectivity index (χ4v) is 5.12. The molecule has 2 atom stereocenters. The van der Waals surface area contributed by atoms with Crippen LogP contribution in [0.25, 0.3) is 16.8 Å². The van der Waals surface area contributed by atoms with Gasteiger partial charge in [-0.3, -0.25) is 19.4 Å². The molecule has 1 aliphatic rings. The molecule has 3 heterocycles. The van der Waals surface area contributed by atoms with Gasteiger partial charge in [-0.05, 0) is 61.7 Å². The van der Waals surface area contributed by atoms with Crippen molar-refractivity contribution >= 4 is 40.7 Å². The van der Waals surface area contributed by atoms with Crippen LogP contribution in [0.1, 0.15) is 61.0 Å². The fourth-order valence-electron chi connectivity index (χ4n) is 4.95. The zero-order valence-electron chi connectivity index (χ0n) is 23.2. The monoisotopic (exact) mass is 589 g/mol. The summed E-state index contributed by atoms with van der Waals surface area (Å²) in [6, 6.07) is 13.0. The van der Waals surface area contributed by atoms with Crippen LogP contribution in [0.3, 0.4) is 0 Å². The van der Waals surface area contributed by atoms with Gasteiger partial charge in [-0.2, -0.15) is 0 Å². The van der Waals surface area contributed by atoms with Crippen molar-refractivity contribution in [1.29, 1.82) is 0 Å². The van der Waals surface area contributed by atoms with Crippen molar-refractivity contribution in [2.45, 2.75) is 46.1 Å². The van der Waals surface area contributed by atoms with Crippen LogP contribution in [-0.2, 0) is 9.59 Å². The molecule has 3 amide bonds. The van der Waals surface area contributed by atoms with E-state index < -0.39 is 17.8 Å². The number of rotatable bonds is 4. The van der Waals surface area contributed by atoms with Gasteiger partial charge in [0.25, 0.3) is 5.91 Å². The third kappa shape index (κ3) is 6.01. The number of anilines is 2. The number of aromatic nitrogens is 4. The summed E-state index contributed by atoms with van der Waals surface area (Å²) < 4.78 is 15.9. The quantitative estimate of drug-likeness (QED) is 0.283. The normalized spacial score (nSPS) is 16.8. The summed E-state index contributed by atoms with van der Waals surface area (Å²) in [5.41, 5.74) is 3.72. The van der Waals surface area contributed by atoms with E-state index in [1.807, 2.05) is 25.1 Å². The Kier molecular flexibility index (Phi) is 8.30. The third-order valence-electron chi connectivity index (χ3n) is 7.20. The summed E-state index contributed by atoms with van der Waals surface area (Å²) in [4.78, 5) is 42.7. The fraction of sp³-hybridized carbons (Fsp3) is 0.267. The first-order valence-corrected chi connectivity index (χ1v) is 13.9. The van der Waals surface area contributed by atoms with Crippen LogP contribution in [-0.4, -0.2) is 37.7 Å². The number of hydrogen-bond acceptors (Lipinski definition) is 6. The molecule has 0 saturated carbocycles. The Hall–Kier alpha value is -4.64. The second-order valence-electron chi connectivity index (χ2n) is 10.3. The lowest BCUT2D eigenvalue weighted by Crippen LogP contribution is -2.30. The zero-order valence-corrected chi connectivity index (χ0v) is 24.0. The van der Waals surface area contributed by atoms with Gasteiger partial charge in [-0.25, -0.2) is 9.07 Å². The van der Waals surface area contributed by atoms with Gasteiger partial charge in [0.15, 0.2) is 11.5 Å². The minimum Gasteiger partial charge on any atom is -0.342 e. The summed E-state index contributed by atoms with van der Waals surface area (Å²) >= 11 is 5.94. The van der Waals surface area contributed by atoms with Gasteiger partial charge in [-0.1, -0.05) is 42.3 Å². The molecule has 5 rings (SSSR count). The number of nitrogens with zero attached hydrogens (tertiary/aromatic N) is 4. The first kappa shape index (κ1) is 28.9. The second kappa shape index (κ2) is 12.1. The van der Waals surface area contributed by atoms with Crippen LogP contribution < -0.4 is 16.0 Å². The van der Waals surface area contributed by atoms with E-state index in [-0.39, 0.29) is 34.1 Å². The molecule has 10 nitrogen and oxygen atoms in total. The Bertz CT molecular complexity index is 1690. The maximum atomic E-state index is 14.7. The largest absolute Gasteiger partial charge is 0.342 e. The standard InChI is InChI=1S/C30H29ClFN7O3/c1-16-6-4-8-23(35-30(42)28-17(2)39(38-37-28)26-9-5-7-22(31)27(26)32)25-14-19(12-13-33-25)21-11-10-20(34-18(3)40)15-24(21)36-29(16)41/h5,7,9-16,23H,4,6,8H2,1-3H3,(H,34,40)(H,35,42)(H,36,41). The minimum atomic E-state index is -0.665. The van der Waals surface area contributed by atoms with Crippen LogP contribution in [0.5, 0.6) is 0 Å². The predicted molar refractivity (Wildman–Crippen MR) is 157 cm³/mol. The smallest absolute Gasteiger partial charge is 0.274 e. The topological polar surface area (TPSA) is 131 Å². The number of halogens is 2. The van der Waals surface area contributed by atoms with Crippen molar-refractivity contribution in [3.05, 3.63) is 82.6 Å². The Morgan fingerprint density at radius 1 is 1.14 bits per heavy atom. The number of carbonyl (C=O) groups excluding carboxylic acids is 3. The van der Waals surface area contributed by atoms with Gasteiger partial charge < -0.3 is 16.0 Å². The van der Waals surface area contributed by atoms with Crippen molar-refractivity contribution in [1.82, 2.24) is 25.3 Å². The van der Waals surface area contributed by atoms with Crippen LogP contribution in [0.15, 0.2) is 54.7 Å². The molecular weight excluding hydrogens is 561 g/mol. The van der Waals surface area contributed by atoms with E-state index in [0.717, 1.165) is 11.1 Å². The Labute approximate surface area is 246 Å². The molecule has 4 aromatic rings. The highest BCUT2D eigenvalue weighted by atomic mass is 35.5. The van der Waals surface area contributed by atoms with Crippen molar-refractivity contribution in [3.8, 4) is 16.8 Å². The highest BCUT2D eigenvalue weighted by Crippen LogP contribution is 2.34. The van der Waals surface area contributed by atoms with Gasteiger partial charge in [0.2, 0.25) is 11.8 Å². The summed E-state index contributed by atoms with van der Waals surface area (Å²) in [5.74, 6) is -1.83. The SMILES string of the molecule is CC(=O)Nc1ccc2c(c1)NC(=O)C(C)CCCC(NC(=O)c1nnn(-c3cccc(Cl)c3F)c1C)c1cc-2ccn1. The number of benzene rings is 2. The van der Waals surface area contributed by atoms with E-state index in [1.165, 1.54) is 23.7 Å². The molecule has 2 bridgehead atoms. The van der Waals surface area contributed by atoms with Crippen molar-refractivity contribution < 1.29 is 18.8 Å². The molecule has 12 heteroatoms. The molecular formula is C30H29ClFN7O3. The number of hydrogen-bond donors (Lipinski definition) is 3. The average molecular weight is 590 g/mol. The minimum absolute atomic E-state index is 0.0419. The summed E-state index contributed by atoms with van der Waals surface area (Å²) in [6.07, 6.45) is 3.37. The van der Waals surface area contributed by atoms with Crippen LogP contribution >= 0.6 is 11.6 Å². The first-order valence-electron chi connectivity index (χ1n) is 13.5. The molecule has 2 aromatic carbocycles. The summed E-state index contributed by atoms with van der Waals surface area (Å²) in [5, 5.41) is 16.7. The number of nitrogens with one attached hydrogen (secondary N) is 3. The van der Waals surface area contributed by atoms with Crippen LogP contribution in [0.4, 0.5) is 15.8 Å². The van der Waals surface area contributed by atoms with Crippen molar-refractivity contribution in [2.75, 3.05) is 10.6 Å². The van der Waals surface area contributed by atoms with Gasteiger partial charge in [0, 0.05) is 30.3 Å². The van der Waals surface area contributed by atoms with E-state index in [0.29, 0.717) is 42.0 Å². The molecule has 0 fully saturated rings. The molecule has 2 aromatic heterocycles. The van der Waals surface area contributed by atoms with Crippen LogP contribution in [0.2, 0.25) is 5.02 Å². The first-order chi connectivity index (χ1) is 20.1. The zero-order chi connectivity index (χ0) is 30.0. The van der Waals surface area contributed by atoms with Gasteiger partial charge in [-0.15, -0.1) is 5.10 Å². The Morgan fingerprint density at radius 3 is 2.74 bits per heavy atom. The predicted octanol–water partition coefficient (Wildman–Crippen LogP) is 5.62.